The number of likely N-dealkylation sites (tertiary alicyclic amines) is 1. The van der Waals surface area contributed by atoms with Gasteiger partial charge in [0.2, 0.25) is 0 Å². The highest BCUT2D eigenvalue weighted by molar-refractivity contribution is 9.09. The Bertz CT molecular complexity index is 125. The average Bonchev–Trinajstić information content (AvgIpc) is 2.05. The first-order valence-electron chi connectivity index (χ1n) is 3.81. The molecule has 1 aliphatic rings. The molecule has 1 atom stereocenters. The summed E-state index contributed by atoms with van der Waals surface area (Å²) < 4.78 is 0. The van der Waals surface area contributed by atoms with Crippen LogP contribution in [-0.4, -0.2) is 29.9 Å². The van der Waals surface area contributed by atoms with E-state index in [1.165, 1.54) is 13.0 Å². The molecule has 11 heavy (non-hydrogen) atoms. The summed E-state index contributed by atoms with van der Waals surface area (Å²) >= 11 is 3.53. The van der Waals surface area contributed by atoms with E-state index in [-0.39, 0.29) is 17.0 Å². The van der Waals surface area contributed by atoms with Crippen molar-refractivity contribution in [2.75, 3.05) is 18.9 Å². The van der Waals surface area contributed by atoms with E-state index in [2.05, 4.69) is 41.7 Å². The van der Waals surface area contributed by atoms with Gasteiger partial charge in [-0.15, -0.1) is 17.0 Å². The van der Waals surface area contributed by atoms with Crippen molar-refractivity contribution < 1.29 is 0 Å². The fourth-order valence-electron chi connectivity index (χ4n) is 1.83. The van der Waals surface area contributed by atoms with Crippen LogP contribution in [0.2, 0.25) is 0 Å². The molecule has 1 saturated heterocycles. The van der Waals surface area contributed by atoms with E-state index < -0.39 is 0 Å². The highest BCUT2D eigenvalue weighted by atomic mass is 79.9. The number of alkyl halides is 1. The zero-order valence-corrected chi connectivity index (χ0v) is 10.7. The van der Waals surface area contributed by atoms with E-state index in [0.29, 0.717) is 5.41 Å². The monoisotopic (exact) mass is 285 g/mol. The minimum Gasteiger partial charge on any atom is -0.302 e. The van der Waals surface area contributed by atoms with Gasteiger partial charge in [0.25, 0.3) is 0 Å². The van der Waals surface area contributed by atoms with Crippen LogP contribution < -0.4 is 0 Å². The Morgan fingerprint density at radius 2 is 2.09 bits per heavy atom. The van der Waals surface area contributed by atoms with Gasteiger partial charge in [-0.05, 0) is 18.9 Å². The highest BCUT2D eigenvalue weighted by Gasteiger charge is 2.34. The lowest BCUT2D eigenvalue weighted by atomic mass is 9.91. The quantitative estimate of drug-likeness (QED) is 0.670. The van der Waals surface area contributed by atoms with Gasteiger partial charge in [-0.2, -0.15) is 0 Å². The molecular weight excluding hydrogens is 270 g/mol. The summed E-state index contributed by atoms with van der Waals surface area (Å²) in [6, 6.07) is 0.759. The van der Waals surface area contributed by atoms with Crippen LogP contribution in [0.5, 0.6) is 0 Å². The molecule has 0 radical (unpaired) electrons. The third-order valence-electron chi connectivity index (χ3n) is 2.27. The largest absolute Gasteiger partial charge is 0.302 e. The van der Waals surface area contributed by atoms with E-state index in [1.807, 2.05) is 0 Å². The third-order valence-corrected chi connectivity index (χ3v) is 3.01. The molecule has 1 fully saturated rings. The molecule has 3 heteroatoms. The van der Waals surface area contributed by atoms with Crippen LogP contribution in [0.1, 0.15) is 20.3 Å². The molecule has 0 spiro atoms. The smallest absolute Gasteiger partial charge is 0.0195 e. The summed E-state index contributed by atoms with van der Waals surface area (Å²) in [5.41, 5.74) is 0.535. The first-order chi connectivity index (χ1) is 4.55. The Hall–Kier alpha value is 0.920. The SMILES string of the molecule is Br.CN1CC(C)(C)CC1CBr. The van der Waals surface area contributed by atoms with Gasteiger partial charge >= 0.3 is 0 Å². The van der Waals surface area contributed by atoms with Crippen LogP contribution in [0.3, 0.4) is 0 Å². The fourth-order valence-corrected chi connectivity index (χ4v) is 2.56. The molecule has 1 rings (SSSR count). The molecule has 0 bridgehead atoms. The highest BCUT2D eigenvalue weighted by Crippen LogP contribution is 2.33. The van der Waals surface area contributed by atoms with E-state index >= 15 is 0 Å². The molecule has 1 aliphatic heterocycles. The molecule has 0 N–H and O–H groups in total. The Kier molecular flexibility index (Phi) is 4.59. The lowest BCUT2D eigenvalue weighted by molar-refractivity contribution is 0.311. The second-order valence-corrected chi connectivity index (χ2v) is 4.74. The van der Waals surface area contributed by atoms with Crippen LogP contribution in [0.4, 0.5) is 0 Å². The second-order valence-electron chi connectivity index (χ2n) is 4.09. The molecule has 0 aromatic carbocycles. The molecule has 0 amide bonds. The Morgan fingerprint density at radius 3 is 2.27 bits per heavy atom. The molecular formula is C8H17Br2N. The molecule has 1 heterocycles. The summed E-state index contributed by atoms with van der Waals surface area (Å²) in [6.45, 7) is 5.92. The predicted octanol–water partition coefficient (Wildman–Crippen LogP) is 2.69. The summed E-state index contributed by atoms with van der Waals surface area (Å²) in [6.07, 6.45) is 1.33. The molecule has 0 saturated carbocycles. The molecule has 1 unspecified atom stereocenters. The van der Waals surface area contributed by atoms with Crippen LogP contribution in [-0.2, 0) is 0 Å². The van der Waals surface area contributed by atoms with E-state index in [4.69, 9.17) is 0 Å². The lowest BCUT2D eigenvalue weighted by Crippen LogP contribution is -2.26. The zero-order valence-electron chi connectivity index (χ0n) is 7.43. The summed E-state index contributed by atoms with van der Waals surface area (Å²) in [5, 5.41) is 1.12. The standard InChI is InChI=1S/C8H16BrN.BrH/c1-8(2)4-7(5-9)10(3)6-8;/h7H,4-6H2,1-3H3;1H. The first kappa shape index (κ1) is 11.9. The number of nitrogens with zero attached hydrogens (tertiary/aromatic N) is 1. The van der Waals surface area contributed by atoms with Crippen molar-refractivity contribution in [2.45, 2.75) is 26.3 Å². The van der Waals surface area contributed by atoms with Crippen LogP contribution >= 0.6 is 32.9 Å². The topological polar surface area (TPSA) is 3.24 Å². The number of halogens is 2. The summed E-state index contributed by atoms with van der Waals surface area (Å²) in [4.78, 5) is 2.44. The van der Waals surface area contributed by atoms with Gasteiger partial charge in [-0.25, -0.2) is 0 Å². The molecule has 0 aromatic heterocycles. The zero-order chi connectivity index (χ0) is 7.78. The van der Waals surface area contributed by atoms with Crippen molar-refractivity contribution in [3.63, 3.8) is 0 Å². The van der Waals surface area contributed by atoms with E-state index in [9.17, 15) is 0 Å². The minimum absolute atomic E-state index is 0. The van der Waals surface area contributed by atoms with Crippen molar-refractivity contribution in [2.24, 2.45) is 5.41 Å². The van der Waals surface area contributed by atoms with Crippen molar-refractivity contribution in [1.29, 1.82) is 0 Å². The Labute approximate surface area is 88.4 Å². The maximum atomic E-state index is 3.53. The van der Waals surface area contributed by atoms with Crippen LogP contribution in [0.15, 0.2) is 0 Å². The van der Waals surface area contributed by atoms with Crippen molar-refractivity contribution in [3.05, 3.63) is 0 Å². The molecule has 0 aromatic rings. The predicted molar refractivity (Wildman–Crippen MR) is 58.9 cm³/mol. The normalized spacial score (nSPS) is 30.0. The summed E-state index contributed by atoms with van der Waals surface area (Å²) in [5.74, 6) is 0. The van der Waals surface area contributed by atoms with Crippen LogP contribution in [0, 0.1) is 5.41 Å². The number of rotatable bonds is 1. The van der Waals surface area contributed by atoms with Crippen LogP contribution in [0.25, 0.3) is 0 Å². The van der Waals surface area contributed by atoms with E-state index in [1.54, 1.807) is 0 Å². The number of hydrogen-bond acceptors (Lipinski definition) is 1. The fraction of sp³-hybridized carbons (Fsp3) is 1.00. The minimum atomic E-state index is 0. The van der Waals surface area contributed by atoms with Gasteiger partial charge in [-0.3, -0.25) is 0 Å². The molecule has 68 valence electrons. The first-order valence-corrected chi connectivity index (χ1v) is 4.93. The van der Waals surface area contributed by atoms with E-state index in [0.717, 1.165) is 11.4 Å². The average molecular weight is 287 g/mol. The Balaban J connectivity index is 0.000001000. The van der Waals surface area contributed by atoms with Gasteiger partial charge in [0, 0.05) is 17.9 Å². The molecule has 0 aliphatic carbocycles. The molecule has 1 nitrogen and oxygen atoms in total. The second kappa shape index (κ2) is 4.24. The maximum absolute atomic E-state index is 3.53. The van der Waals surface area contributed by atoms with Gasteiger partial charge < -0.3 is 4.90 Å². The van der Waals surface area contributed by atoms with Crippen molar-refractivity contribution in [3.8, 4) is 0 Å². The number of hydrogen-bond donors (Lipinski definition) is 0. The van der Waals surface area contributed by atoms with Gasteiger partial charge in [0.15, 0.2) is 0 Å². The maximum Gasteiger partial charge on any atom is 0.0195 e. The lowest BCUT2D eigenvalue weighted by Gasteiger charge is -2.16. The summed E-state index contributed by atoms with van der Waals surface area (Å²) in [7, 11) is 2.21. The van der Waals surface area contributed by atoms with Gasteiger partial charge in [-0.1, -0.05) is 29.8 Å². The van der Waals surface area contributed by atoms with Gasteiger partial charge in [0.1, 0.15) is 0 Å². The van der Waals surface area contributed by atoms with Crippen molar-refractivity contribution >= 4 is 32.9 Å². The van der Waals surface area contributed by atoms with Crippen molar-refractivity contribution in [1.82, 2.24) is 4.90 Å². The van der Waals surface area contributed by atoms with Gasteiger partial charge in [0.05, 0.1) is 0 Å². The third kappa shape index (κ3) is 3.03. The Morgan fingerprint density at radius 1 is 1.55 bits per heavy atom.